The summed E-state index contributed by atoms with van der Waals surface area (Å²) in [6.07, 6.45) is 3.32. The van der Waals surface area contributed by atoms with Crippen LogP contribution < -0.4 is 0 Å². The molecule has 6 nitrogen and oxygen atoms in total. The van der Waals surface area contributed by atoms with Crippen molar-refractivity contribution in [2.24, 2.45) is 7.05 Å². The summed E-state index contributed by atoms with van der Waals surface area (Å²) in [6, 6.07) is 5.29. The van der Waals surface area contributed by atoms with E-state index in [0.717, 1.165) is 11.3 Å². The molecule has 0 bridgehead atoms. The summed E-state index contributed by atoms with van der Waals surface area (Å²) in [4.78, 5) is 8.28. The van der Waals surface area contributed by atoms with Gasteiger partial charge in [0.2, 0.25) is 5.82 Å². The maximum atomic E-state index is 9.89. The number of benzene rings is 1. The normalized spacial score (nSPS) is 10.8. The average Bonchev–Trinajstić information content (AvgIpc) is 2.97. The number of aromatic hydroxyl groups is 1. The Morgan fingerprint density at radius 2 is 2.16 bits per heavy atom. The fraction of sp³-hybridized carbons (Fsp3) is 0.154. The van der Waals surface area contributed by atoms with Crippen LogP contribution in [-0.2, 0) is 7.05 Å². The minimum Gasteiger partial charge on any atom is -0.507 e. The van der Waals surface area contributed by atoms with Crippen LogP contribution in [0.4, 0.5) is 0 Å². The number of imidazole rings is 1. The summed E-state index contributed by atoms with van der Waals surface area (Å²) < 4.78 is 6.98. The molecule has 6 heteroatoms. The number of hydrogen-bond acceptors (Lipinski definition) is 5. The number of rotatable bonds is 2. The first kappa shape index (κ1) is 11.5. The molecule has 0 saturated heterocycles. The number of nitrogens with zero attached hydrogens (tertiary/aromatic N) is 4. The Hall–Kier alpha value is -2.63. The highest BCUT2D eigenvalue weighted by Gasteiger charge is 2.15. The minimum absolute atomic E-state index is 0.125. The number of phenols is 1. The van der Waals surface area contributed by atoms with E-state index in [2.05, 4.69) is 15.1 Å². The van der Waals surface area contributed by atoms with Gasteiger partial charge in [-0.3, -0.25) is 0 Å². The molecule has 0 aliphatic heterocycles. The SMILES string of the molecule is Cc1ccc(-c2nc(-c3cncn3C)no2)c(O)c1. The van der Waals surface area contributed by atoms with E-state index in [9.17, 15) is 5.11 Å². The van der Waals surface area contributed by atoms with Crippen LogP contribution in [-0.4, -0.2) is 24.8 Å². The Labute approximate surface area is 109 Å². The first-order chi connectivity index (χ1) is 9.15. The smallest absolute Gasteiger partial charge is 0.262 e. The Kier molecular flexibility index (Phi) is 2.56. The van der Waals surface area contributed by atoms with Crippen molar-refractivity contribution in [1.82, 2.24) is 19.7 Å². The van der Waals surface area contributed by atoms with Crippen LogP contribution in [0.15, 0.2) is 35.2 Å². The van der Waals surface area contributed by atoms with Crippen molar-refractivity contribution in [2.75, 3.05) is 0 Å². The molecule has 1 aromatic carbocycles. The maximum absolute atomic E-state index is 9.89. The van der Waals surface area contributed by atoms with Gasteiger partial charge in [0.25, 0.3) is 5.89 Å². The molecule has 2 heterocycles. The van der Waals surface area contributed by atoms with Crippen LogP contribution in [0.2, 0.25) is 0 Å². The molecule has 0 saturated carbocycles. The van der Waals surface area contributed by atoms with Crippen molar-refractivity contribution in [1.29, 1.82) is 0 Å². The number of aryl methyl sites for hydroxylation is 2. The first-order valence-electron chi connectivity index (χ1n) is 5.75. The van der Waals surface area contributed by atoms with Crippen LogP contribution in [0.25, 0.3) is 23.0 Å². The van der Waals surface area contributed by atoms with E-state index < -0.39 is 0 Å². The van der Waals surface area contributed by atoms with Crippen molar-refractivity contribution in [3.8, 4) is 28.7 Å². The van der Waals surface area contributed by atoms with E-state index in [1.807, 2.05) is 20.0 Å². The van der Waals surface area contributed by atoms with E-state index >= 15 is 0 Å². The van der Waals surface area contributed by atoms with Gasteiger partial charge in [0, 0.05) is 7.05 Å². The minimum atomic E-state index is 0.125. The van der Waals surface area contributed by atoms with Gasteiger partial charge in [-0.2, -0.15) is 4.98 Å². The van der Waals surface area contributed by atoms with Gasteiger partial charge in [-0.15, -0.1) is 0 Å². The maximum Gasteiger partial charge on any atom is 0.262 e. The second-order valence-electron chi connectivity index (χ2n) is 4.33. The molecule has 0 radical (unpaired) electrons. The lowest BCUT2D eigenvalue weighted by Crippen LogP contribution is -1.90. The van der Waals surface area contributed by atoms with Gasteiger partial charge in [-0.1, -0.05) is 11.2 Å². The van der Waals surface area contributed by atoms with Crippen molar-refractivity contribution in [3.05, 3.63) is 36.3 Å². The lowest BCUT2D eigenvalue weighted by Gasteiger charge is -1.99. The van der Waals surface area contributed by atoms with Gasteiger partial charge in [-0.25, -0.2) is 4.98 Å². The van der Waals surface area contributed by atoms with Crippen molar-refractivity contribution in [2.45, 2.75) is 6.92 Å². The van der Waals surface area contributed by atoms with Gasteiger partial charge < -0.3 is 14.2 Å². The highest BCUT2D eigenvalue weighted by atomic mass is 16.5. The summed E-state index contributed by atoms with van der Waals surface area (Å²) in [5.74, 6) is 0.851. The second kappa shape index (κ2) is 4.24. The first-order valence-corrected chi connectivity index (χ1v) is 5.75. The van der Waals surface area contributed by atoms with Crippen LogP contribution in [0, 0.1) is 6.92 Å². The zero-order valence-electron chi connectivity index (χ0n) is 10.5. The van der Waals surface area contributed by atoms with Gasteiger partial charge in [0.15, 0.2) is 0 Å². The third-order valence-electron chi connectivity index (χ3n) is 2.86. The second-order valence-corrected chi connectivity index (χ2v) is 4.33. The molecule has 0 atom stereocenters. The zero-order valence-corrected chi connectivity index (χ0v) is 10.5. The molecule has 96 valence electrons. The van der Waals surface area contributed by atoms with Crippen LogP contribution in [0.1, 0.15) is 5.56 Å². The summed E-state index contributed by atoms with van der Waals surface area (Å²) >= 11 is 0. The van der Waals surface area contributed by atoms with Crippen molar-refractivity contribution >= 4 is 0 Å². The molecule has 3 aromatic rings. The molecule has 19 heavy (non-hydrogen) atoms. The lowest BCUT2D eigenvalue weighted by atomic mass is 10.1. The van der Waals surface area contributed by atoms with E-state index in [1.165, 1.54) is 0 Å². The van der Waals surface area contributed by atoms with Crippen molar-refractivity contribution in [3.63, 3.8) is 0 Å². The highest BCUT2D eigenvalue weighted by molar-refractivity contribution is 5.64. The molecular formula is C13H12N4O2. The summed E-state index contributed by atoms with van der Waals surface area (Å²) in [5, 5.41) is 13.8. The van der Waals surface area contributed by atoms with Gasteiger partial charge in [0.1, 0.15) is 11.4 Å². The molecule has 0 aliphatic rings. The fourth-order valence-electron chi connectivity index (χ4n) is 1.83. The molecule has 0 amide bonds. The van der Waals surface area contributed by atoms with Crippen LogP contribution in [0.3, 0.4) is 0 Å². The fourth-order valence-corrected chi connectivity index (χ4v) is 1.83. The largest absolute Gasteiger partial charge is 0.507 e. The number of hydrogen-bond donors (Lipinski definition) is 1. The topological polar surface area (TPSA) is 77.0 Å². The zero-order chi connectivity index (χ0) is 13.4. The number of aromatic nitrogens is 4. The monoisotopic (exact) mass is 256 g/mol. The van der Waals surface area contributed by atoms with E-state index in [4.69, 9.17) is 4.52 Å². The number of phenolic OH excluding ortho intramolecular Hbond substituents is 1. The molecular weight excluding hydrogens is 244 g/mol. The highest BCUT2D eigenvalue weighted by Crippen LogP contribution is 2.29. The average molecular weight is 256 g/mol. The van der Waals surface area contributed by atoms with Crippen LogP contribution in [0.5, 0.6) is 5.75 Å². The van der Waals surface area contributed by atoms with Gasteiger partial charge in [-0.05, 0) is 24.6 Å². The third kappa shape index (κ3) is 1.97. The predicted molar refractivity (Wildman–Crippen MR) is 68.3 cm³/mol. The molecule has 3 rings (SSSR count). The van der Waals surface area contributed by atoms with Gasteiger partial charge in [0.05, 0.1) is 18.1 Å². The Morgan fingerprint density at radius 1 is 1.32 bits per heavy atom. The molecule has 0 unspecified atom stereocenters. The Bertz CT molecular complexity index is 730. The summed E-state index contributed by atoms with van der Waals surface area (Å²) in [6.45, 7) is 1.90. The van der Waals surface area contributed by atoms with Crippen molar-refractivity contribution < 1.29 is 9.63 Å². The predicted octanol–water partition coefficient (Wildman–Crippen LogP) is 2.15. The standard InChI is InChI=1S/C13H12N4O2/c1-8-3-4-9(11(18)5-8)13-15-12(16-19-13)10-6-14-7-17(10)2/h3-7,18H,1-2H3. The summed E-state index contributed by atoms with van der Waals surface area (Å²) in [5.41, 5.74) is 2.24. The molecule has 0 fully saturated rings. The van der Waals surface area contributed by atoms with Crippen LogP contribution >= 0.6 is 0 Å². The van der Waals surface area contributed by atoms with E-state index in [-0.39, 0.29) is 11.6 Å². The molecule has 1 N–H and O–H groups in total. The summed E-state index contributed by atoms with van der Waals surface area (Å²) in [7, 11) is 1.85. The Morgan fingerprint density at radius 3 is 2.84 bits per heavy atom. The Balaban J connectivity index is 2.04. The molecule has 2 aromatic heterocycles. The lowest BCUT2D eigenvalue weighted by molar-refractivity contribution is 0.425. The van der Waals surface area contributed by atoms with Gasteiger partial charge >= 0.3 is 0 Å². The van der Waals surface area contributed by atoms with E-state index in [1.54, 1.807) is 29.2 Å². The molecule has 0 aliphatic carbocycles. The third-order valence-corrected chi connectivity index (χ3v) is 2.86. The van der Waals surface area contributed by atoms with E-state index in [0.29, 0.717) is 11.4 Å². The quantitative estimate of drug-likeness (QED) is 0.760. The molecule has 0 spiro atoms.